The number of hydroxylamine groups is 2. The van der Waals surface area contributed by atoms with Crippen LogP contribution in [0.25, 0.3) is 11.1 Å². The molecule has 2 atom stereocenters. The van der Waals surface area contributed by atoms with Crippen molar-refractivity contribution in [1.82, 2.24) is 30.3 Å². The van der Waals surface area contributed by atoms with Gasteiger partial charge in [-0.1, -0.05) is 17.3 Å². The Morgan fingerprint density at radius 2 is 1.48 bits per heavy atom. The number of nitrogens with zero attached hydrogens (tertiary/aromatic N) is 6. The number of ether oxygens (including phenoxy) is 5. The van der Waals surface area contributed by atoms with Gasteiger partial charge in [-0.25, -0.2) is 24.2 Å². The van der Waals surface area contributed by atoms with Crippen molar-refractivity contribution in [3.8, 4) is 16.9 Å². The van der Waals surface area contributed by atoms with Gasteiger partial charge in [-0.3, -0.25) is 19.5 Å². The number of benzene rings is 1. The molecule has 0 unspecified atom stereocenters. The first kappa shape index (κ1) is 59.3. The number of carbonyl (C=O) groups is 6. The van der Waals surface area contributed by atoms with Gasteiger partial charge in [-0.05, 0) is 121 Å². The zero-order chi connectivity index (χ0) is 56.1. The third kappa shape index (κ3) is 18.1. The summed E-state index contributed by atoms with van der Waals surface area (Å²) in [6.07, 6.45) is 1.24. The number of thiazole rings is 1. The van der Waals surface area contributed by atoms with Crippen molar-refractivity contribution < 1.29 is 79.2 Å². The molecule has 27 heteroatoms. The third-order valence-electron chi connectivity index (χ3n) is 10.4. The molecule has 0 bridgehead atoms. The van der Waals surface area contributed by atoms with Crippen LogP contribution in [0.15, 0.2) is 47.2 Å². The summed E-state index contributed by atoms with van der Waals surface area (Å²) >= 11 is 0.884. The number of rotatable bonds is 19. The monoisotopic (exact) mass is 1090 g/mol. The maximum absolute atomic E-state index is 14.0. The quantitative estimate of drug-likeness (QED) is 0.0171. The molecule has 2 aliphatic heterocycles. The smallest absolute Gasteiger partial charge is 0.418 e. The average molecular weight is 1090 g/mol. The minimum atomic E-state index is -5.11. The van der Waals surface area contributed by atoms with E-state index in [4.69, 9.17) is 28.5 Å². The van der Waals surface area contributed by atoms with Crippen molar-refractivity contribution in [3.63, 3.8) is 0 Å². The van der Waals surface area contributed by atoms with Gasteiger partial charge in [-0.15, -0.1) is 20.3 Å². The van der Waals surface area contributed by atoms with E-state index in [0.29, 0.717) is 50.0 Å². The second kappa shape index (κ2) is 23.1. The van der Waals surface area contributed by atoms with Gasteiger partial charge in [0.15, 0.2) is 17.4 Å². The van der Waals surface area contributed by atoms with E-state index in [1.165, 1.54) is 19.2 Å². The van der Waals surface area contributed by atoms with Crippen molar-refractivity contribution in [2.24, 2.45) is 11.1 Å². The number of hydrogen-bond acceptors (Lipinski definition) is 18. The fraction of sp³-hybridized carbons (Fsp3) is 0.604. The van der Waals surface area contributed by atoms with Crippen LogP contribution in [-0.2, 0) is 65.9 Å². The lowest BCUT2D eigenvalue weighted by Gasteiger charge is -2.50. The molecule has 2 aromatic heterocycles. The summed E-state index contributed by atoms with van der Waals surface area (Å²) < 4.78 is 68.4. The van der Waals surface area contributed by atoms with Gasteiger partial charge in [0, 0.05) is 25.0 Å². The van der Waals surface area contributed by atoms with Crippen LogP contribution in [-0.4, -0.2) is 141 Å². The lowest BCUT2D eigenvalue weighted by Crippen LogP contribution is -2.76. The minimum Gasteiger partial charge on any atom is -0.489 e. The van der Waals surface area contributed by atoms with E-state index >= 15 is 0 Å². The molecule has 3 aromatic rings. The minimum absolute atomic E-state index is 0.0213. The highest BCUT2D eigenvalue weighted by atomic mass is 32.3. The molecule has 2 fully saturated rings. The lowest BCUT2D eigenvalue weighted by molar-refractivity contribution is -0.781. The number of β-lactam (4-membered cyclic amide) rings is 1. The van der Waals surface area contributed by atoms with Gasteiger partial charge in [-0.2, -0.15) is 18.2 Å². The molecule has 414 valence electrons. The van der Waals surface area contributed by atoms with Crippen LogP contribution >= 0.6 is 11.3 Å². The number of aromatic nitrogens is 3. The molecule has 0 aliphatic carbocycles. The number of oxime groups is 1. The molecule has 0 saturated carbocycles. The molecular weight excluding hydrogens is 1020 g/mol. The van der Waals surface area contributed by atoms with E-state index in [-0.39, 0.29) is 22.8 Å². The first-order chi connectivity index (χ1) is 34.4. The number of amides is 5. The van der Waals surface area contributed by atoms with E-state index in [0.717, 1.165) is 22.5 Å². The molecule has 75 heavy (non-hydrogen) atoms. The predicted octanol–water partition coefficient (Wildman–Crippen LogP) is 5.38. The second-order valence-corrected chi connectivity index (χ2v) is 24.2. The van der Waals surface area contributed by atoms with Crippen LogP contribution in [0.2, 0.25) is 0 Å². The number of anilines is 1. The summed E-state index contributed by atoms with van der Waals surface area (Å²) in [4.78, 5) is 89.8. The second-order valence-electron chi connectivity index (χ2n) is 22.3. The molecular formula is C48H70N9O16S2+. The van der Waals surface area contributed by atoms with Crippen molar-refractivity contribution in [1.29, 1.82) is 0 Å². The van der Waals surface area contributed by atoms with Crippen LogP contribution in [0.4, 0.5) is 19.5 Å². The van der Waals surface area contributed by atoms with Crippen molar-refractivity contribution in [2.45, 2.75) is 157 Å². The average Bonchev–Trinajstić information content (AvgIpc) is 3.86. The summed E-state index contributed by atoms with van der Waals surface area (Å²) in [6.45, 7) is 25.5. The topological polar surface area (TPSA) is 298 Å². The highest BCUT2D eigenvalue weighted by Gasteiger charge is 2.58. The molecule has 0 radical (unpaired) electrons. The third-order valence-corrected chi connectivity index (χ3v) is 11.5. The van der Waals surface area contributed by atoms with Crippen LogP contribution in [0.3, 0.4) is 0 Å². The predicted molar refractivity (Wildman–Crippen MR) is 270 cm³/mol. The standard InChI is InChI=1S/C48H69N9O16S2/c1-44(2,3)68-39(60)34(72-53-35(33-28-74-40(50-33)52-42(62)70-46(7,8)9)37(58)51-36-38(59)57(48(36,13)14)73-75(64,65)66)27-67-32-18-16-30(17-19-32)31-25-55(21-15-20-49-41(61)69-45(4,5)6)56(26-31)24-29-22-54(23-29)43(63)71-47(10,11)12/h16-19,25-26,28-29,34,36H,15,20-24,27H2,1-14H3,(H3-,49,50,51,52,58,61,62,64,65,66)/p+1/b53-35-/t34-,36-/m0/s1. The van der Waals surface area contributed by atoms with Gasteiger partial charge in [0.25, 0.3) is 17.9 Å². The Morgan fingerprint density at radius 1 is 0.880 bits per heavy atom. The van der Waals surface area contributed by atoms with Gasteiger partial charge in [0.05, 0.1) is 29.8 Å². The molecule has 4 N–H and O–H groups in total. The molecule has 4 heterocycles. The summed E-state index contributed by atoms with van der Waals surface area (Å²) in [5.74, 6) is -2.56. The molecule has 5 rings (SSSR count). The number of nitrogens with one attached hydrogen (secondary N) is 3. The van der Waals surface area contributed by atoms with Crippen LogP contribution in [0, 0.1) is 5.92 Å². The largest absolute Gasteiger partial charge is 0.489 e. The van der Waals surface area contributed by atoms with E-state index in [1.54, 1.807) is 79.3 Å². The molecule has 5 amide bonds. The Kier molecular flexibility index (Phi) is 18.3. The maximum Gasteiger partial charge on any atom is 0.418 e. The number of likely N-dealkylation sites (tertiary alicyclic amines) is 1. The molecule has 1 aromatic carbocycles. The SMILES string of the molecule is CC(C)(C)OC(=O)NCCCn1cc(-c2ccc(OC[C@H](O/N=C(\C(=O)N[C@H]3C(=O)N(OS(=O)(=O)O)C3(C)C)c3csc(NC(=O)OC(C)(C)C)n3)C(=O)OC(C)(C)C)cc2)c[n+]1CC1CN(C(=O)OC(C)(C)C)C1. The van der Waals surface area contributed by atoms with E-state index in [1.807, 2.05) is 50.0 Å². The first-order valence-corrected chi connectivity index (χ1v) is 26.2. The normalized spacial score (nSPS) is 16.7. The van der Waals surface area contributed by atoms with Gasteiger partial charge in [0.1, 0.15) is 46.5 Å². The number of hydrogen-bond donors (Lipinski definition) is 4. The molecule has 2 aliphatic rings. The van der Waals surface area contributed by atoms with E-state index < -0.39 is 92.8 Å². The number of alkyl carbamates (subject to hydrolysis) is 1. The zero-order valence-corrected chi connectivity index (χ0v) is 46.4. The summed E-state index contributed by atoms with van der Waals surface area (Å²) in [7, 11) is -5.11. The zero-order valence-electron chi connectivity index (χ0n) is 44.8. The highest BCUT2D eigenvalue weighted by molar-refractivity contribution is 7.80. The van der Waals surface area contributed by atoms with Crippen molar-refractivity contribution >= 4 is 68.6 Å². The molecule has 0 spiro atoms. The lowest BCUT2D eigenvalue weighted by atomic mass is 9.84. The van der Waals surface area contributed by atoms with Gasteiger partial charge < -0.3 is 44.1 Å². The Hall–Kier alpha value is -6.58. The Labute approximate surface area is 440 Å². The maximum atomic E-state index is 14.0. The first-order valence-electron chi connectivity index (χ1n) is 24.0. The van der Waals surface area contributed by atoms with Crippen LogP contribution in [0.1, 0.15) is 109 Å². The number of esters is 1. The van der Waals surface area contributed by atoms with Crippen LogP contribution < -0.4 is 25.4 Å². The van der Waals surface area contributed by atoms with Gasteiger partial charge >= 0.3 is 34.6 Å². The summed E-state index contributed by atoms with van der Waals surface area (Å²) in [5, 5.41) is 13.4. The fourth-order valence-corrected chi connectivity index (χ4v) is 8.30. The van der Waals surface area contributed by atoms with Gasteiger partial charge in [0.2, 0.25) is 6.20 Å². The molecule has 2 saturated heterocycles. The Bertz CT molecular complexity index is 2710. The van der Waals surface area contributed by atoms with E-state index in [2.05, 4.69) is 35.1 Å². The van der Waals surface area contributed by atoms with Crippen LogP contribution in [0.5, 0.6) is 5.75 Å². The number of aryl methyl sites for hydroxylation is 1. The van der Waals surface area contributed by atoms with E-state index in [9.17, 15) is 41.7 Å². The Balaban J connectivity index is 1.36. The summed E-state index contributed by atoms with van der Waals surface area (Å²) in [5.41, 5.74) is -3.71. The Morgan fingerprint density at radius 3 is 2.05 bits per heavy atom. The van der Waals surface area contributed by atoms with Crippen molar-refractivity contribution in [2.75, 3.05) is 31.6 Å². The number of carbonyl (C=O) groups excluding carboxylic acids is 6. The molecule has 25 nitrogen and oxygen atoms in total. The highest BCUT2D eigenvalue weighted by Crippen LogP contribution is 2.33. The fourth-order valence-electron chi connectivity index (χ4n) is 7.17. The summed E-state index contributed by atoms with van der Waals surface area (Å²) in [6, 6.07) is 5.58. The van der Waals surface area contributed by atoms with Crippen molar-refractivity contribution in [3.05, 3.63) is 47.7 Å².